The summed E-state index contributed by atoms with van der Waals surface area (Å²) in [4.78, 5) is 22.3. The van der Waals surface area contributed by atoms with Crippen LogP contribution in [0.4, 0.5) is 0 Å². The van der Waals surface area contributed by atoms with E-state index >= 15 is 0 Å². The van der Waals surface area contributed by atoms with Crippen molar-refractivity contribution < 1.29 is 9.59 Å². The molecule has 0 aromatic heterocycles. The summed E-state index contributed by atoms with van der Waals surface area (Å²) >= 11 is 0. The van der Waals surface area contributed by atoms with E-state index in [1.54, 1.807) is 0 Å². The maximum Gasteiger partial charge on any atom is 0.253 e. The third kappa shape index (κ3) is 2.67. The van der Waals surface area contributed by atoms with Crippen molar-refractivity contribution in [3.8, 4) is 0 Å². The lowest BCUT2D eigenvalue weighted by Crippen LogP contribution is -2.19. The Morgan fingerprint density at radius 2 is 1.73 bits per heavy atom. The van der Waals surface area contributed by atoms with E-state index in [4.69, 9.17) is 0 Å². The molecule has 3 heteroatoms. The number of hydrogen-bond donors (Lipinski definition) is 1. The second kappa shape index (κ2) is 4.60. The van der Waals surface area contributed by atoms with Gasteiger partial charge in [0.15, 0.2) is 0 Å². The zero-order valence-corrected chi connectivity index (χ0v) is 8.92. The Kier molecular flexibility index (Phi) is 3.19. The topological polar surface area (TPSA) is 46.2 Å². The van der Waals surface area contributed by atoms with E-state index in [0.717, 1.165) is 0 Å². The van der Waals surface area contributed by atoms with Crippen LogP contribution < -0.4 is 5.32 Å². The first kappa shape index (κ1) is 10.4. The standard InChI is InChI=1S/C12H17NO2/c14-11-8-10(12(15)13-11)7-9-5-3-1-2-4-6-9/h7,9H,1-6,8H2,(H,13,14,15). The predicted molar refractivity (Wildman–Crippen MR) is 57.0 cm³/mol. The van der Waals surface area contributed by atoms with Crippen LogP contribution in [0.15, 0.2) is 11.6 Å². The minimum absolute atomic E-state index is 0.153. The van der Waals surface area contributed by atoms with E-state index in [1.165, 1.54) is 38.5 Å². The third-order valence-corrected chi connectivity index (χ3v) is 3.23. The Labute approximate surface area is 89.9 Å². The first-order valence-electron chi connectivity index (χ1n) is 5.80. The van der Waals surface area contributed by atoms with Crippen LogP contribution in [0, 0.1) is 5.92 Å². The number of nitrogens with one attached hydrogen (secondary N) is 1. The Morgan fingerprint density at radius 1 is 1.07 bits per heavy atom. The van der Waals surface area contributed by atoms with Crippen LogP contribution in [-0.4, -0.2) is 11.8 Å². The zero-order valence-electron chi connectivity index (χ0n) is 8.92. The molecule has 0 bridgehead atoms. The van der Waals surface area contributed by atoms with Crippen molar-refractivity contribution in [3.05, 3.63) is 11.6 Å². The molecule has 3 nitrogen and oxygen atoms in total. The fourth-order valence-electron chi connectivity index (χ4n) is 2.40. The summed E-state index contributed by atoms with van der Waals surface area (Å²) in [6.45, 7) is 0. The SMILES string of the molecule is O=C1CC(=CC2CCCCCC2)C(=O)N1. The van der Waals surface area contributed by atoms with E-state index in [0.29, 0.717) is 11.5 Å². The van der Waals surface area contributed by atoms with Gasteiger partial charge in [-0.25, -0.2) is 0 Å². The first-order chi connectivity index (χ1) is 7.25. The van der Waals surface area contributed by atoms with Gasteiger partial charge in [0.25, 0.3) is 5.91 Å². The number of carbonyl (C=O) groups is 2. The largest absolute Gasteiger partial charge is 0.292 e. The number of allylic oxidation sites excluding steroid dienone is 1. The van der Waals surface area contributed by atoms with Gasteiger partial charge in [-0.05, 0) is 18.8 Å². The van der Waals surface area contributed by atoms with Gasteiger partial charge in [0.2, 0.25) is 5.91 Å². The number of amides is 2. The molecule has 0 aromatic rings. The summed E-state index contributed by atoms with van der Waals surface area (Å²) in [5.41, 5.74) is 0.687. The van der Waals surface area contributed by atoms with Crippen molar-refractivity contribution in [1.82, 2.24) is 5.32 Å². The Balaban J connectivity index is 2.01. The van der Waals surface area contributed by atoms with Gasteiger partial charge in [-0.2, -0.15) is 0 Å². The molecule has 2 fully saturated rings. The molecule has 1 aliphatic heterocycles. The Hall–Kier alpha value is -1.12. The molecule has 2 aliphatic rings. The molecule has 0 radical (unpaired) electrons. The minimum atomic E-state index is -0.177. The van der Waals surface area contributed by atoms with Crippen molar-refractivity contribution in [1.29, 1.82) is 0 Å². The lowest BCUT2D eigenvalue weighted by atomic mass is 9.97. The molecule has 15 heavy (non-hydrogen) atoms. The molecule has 0 atom stereocenters. The van der Waals surface area contributed by atoms with Crippen molar-refractivity contribution in [3.63, 3.8) is 0 Å². The number of imide groups is 1. The zero-order chi connectivity index (χ0) is 10.7. The normalized spacial score (nSPS) is 26.8. The molecular weight excluding hydrogens is 190 g/mol. The molecule has 1 N–H and O–H groups in total. The maximum absolute atomic E-state index is 11.3. The van der Waals surface area contributed by atoms with Gasteiger partial charge in [0.1, 0.15) is 0 Å². The van der Waals surface area contributed by atoms with Gasteiger partial charge in [0, 0.05) is 5.57 Å². The van der Waals surface area contributed by atoms with Crippen LogP contribution in [0.3, 0.4) is 0 Å². The van der Waals surface area contributed by atoms with Crippen molar-refractivity contribution >= 4 is 11.8 Å². The van der Waals surface area contributed by atoms with Gasteiger partial charge in [-0.1, -0.05) is 31.8 Å². The highest BCUT2D eigenvalue weighted by Crippen LogP contribution is 2.26. The average molecular weight is 207 g/mol. The van der Waals surface area contributed by atoms with Gasteiger partial charge in [0.05, 0.1) is 6.42 Å². The second-order valence-corrected chi connectivity index (χ2v) is 4.50. The lowest BCUT2D eigenvalue weighted by molar-refractivity contribution is -0.124. The highest BCUT2D eigenvalue weighted by atomic mass is 16.2. The van der Waals surface area contributed by atoms with Crippen molar-refractivity contribution in [2.24, 2.45) is 5.92 Å². The van der Waals surface area contributed by atoms with E-state index in [-0.39, 0.29) is 18.2 Å². The molecule has 0 aromatic carbocycles. The fraction of sp³-hybridized carbons (Fsp3) is 0.667. The van der Waals surface area contributed by atoms with Crippen LogP contribution in [-0.2, 0) is 9.59 Å². The third-order valence-electron chi connectivity index (χ3n) is 3.23. The van der Waals surface area contributed by atoms with E-state index in [2.05, 4.69) is 5.32 Å². The summed E-state index contributed by atoms with van der Waals surface area (Å²) in [5, 5.41) is 2.33. The van der Waals surface area contributed by atoms with Crippen LogP contribution >= 0.6 is 0 Å². The summed E-state index contributed by atoms with van der Waals surface area (Å²) < 4.78 is 0. The molecule has 0 spiro atoms. The molecular formula is C12H17NO2. The summed E-state index contributed by atoms with van der Waals surface area (Å²) in [6.07, 6.45) is 9.79. The van der Waals surface area contributed by atoms with Crippen molar-refractivity contribution in [2.45, 2.75) is 44.9 Å². The monoisotopic (exact) mass is 207 g/mol. The second-order valence-electron chi connectivity index (χ2n) is 4.50. The van der Waals surface area contributed by atoms with E-state index in [1.807, 2.05) is 6.08 Å². The van der Waals surface area contributed by atoms with Gasteiger partial charge in [-0.15, -0.1) is 0 Å². The average Bonchev–Trinajstić information content (AvgIpc) is 2.44. The first-order valence-corrected chi connectivity index (χ1v) is 5.80. The van der Waals surface area contributed by atoms with E-state index in [9.17, 15) is 9.59 Å². The Bertz CT molecular complexity index is 299. The summed E-state index contributed by atoms with van der Waals surface area (Å²) in [5.74, 6) is 0.184. The van der Waals surface area contributed by atoms with Crippen LogP contribution in [0.2, 0.25) is 0 Å². The molecule has 2 rings (SSSR count). The molecule has 1 aliphatic carbocycles. The minimum Gasteiger partial charge on any atom is -0.292 e. The maximum atomic E-state index is 11.3. The van der Waals surface area contributed by atoms with Gasteiger partial charge in [-0.3, -0.25) is 14.9 Å². The van der Waals surface area contributed by atoms with Crippen molar-refractivity contribution in [2.75, 3.05) is 0 Å². The lowest BCUT2D eigenvalue weighted by Gasteiger charge is -2.08. The molecule has 1 saturated carbocycles. The molecule has 2 amide bonds. The van der Waals surface area contributed by atoms with E-state index < -0.39 is 0 Å². The summed E-state index contributed by atoms with van der Waals surface area (Å²) in [6, 6.07) is 0. The highest BCUT2D eigenvalue weighted by Gasteiger charge is 2.24. The molecule has 82 valence electrons. The smallest absolute Gasteiger partial charge is 0.253 e. The highest BCUT2D eigenvalue weighted by molar-refractivity contribution is 6.13. The fourth-order valence-corrected chi connectivity index (χ4v) is 2.40. The number of hydrogen-bond acceptors (Lipinski definition) is 2. The number of rotatable bonds is 1. The van der Waals surface area contributed by atoms with Gasteiger partial charge >= 0.3 is 0 Å². The predicted octanol–water partition coefficient (Wildman–Crippen LogP) is 1.93. The number of carbonyl (C=O) groups excluding carboxylic acids is 2. The van der Waals surface area contributed by atoms with Crippen LogP contribution in [0.5, 0.6) is 0 Å². The summed E-state index contributed by atoms with van der Waals surface area (Å²) in [7, 11) is 0. The molecule has 1 heterocycles. The molecule has 0 unspecified atom stereocenters. The van der Waals surface area contributed by atoms with Crippen LogP contribution in [0.1, 0.15) is 44.9 Å². The Morgan fingerprint density at radius 3 is 2.27 bits per heavy atom. The quantitative estimate of drug-likeness (QED) is 0.405. The van der Waals surface area contributed by atoms with Gasteiger partial charge < -0.3 is 0 Å². The molecule has 1 saturated heterocycles. The van der Waals surface area contributed by atoms with Crippen LogP contribution in [0.25, 0.3) is 0 Å².